The number of aliphatic hydroxyl groups excluding tert-OH is 1. The maximum Gasteiger partial charge on any atom is 0.334 e. The van der Waals surface area contributed by atoms with Crippen LogP contribution in [-0.2, 0) is 19.1 Å². The molecule has 0 radical (unpaired) electrons. The maximum atomic E-state index is 12.0. The van der Waals surface area contributed by atoms with E-state index in [0.717, 1.165) is 18.4 Å². The van der Waals surface area contributed by atoms with Gasteiger partial charge in [0.05, 0.1) is 11.5 Å². The lowest BCUT2D eigenvalue weighted by molar-refractivity contribution is -0.159. The van der Waals surface area contributed by atoms with Crippen LogP contribution in [0.2, 0.25) is 0 Å². The van der Waals surface area contributed by atoms with E-state index in [9.17, 15) is 14.7 Å². The highest BCUT2D eigenvalue weighted by atomic mass is 16.6. The van der Waals surface area contributed by atoms with E-state index in [-0.39, 0.29) is 18.4 Å². The third-order valence-electron chi connectivity index (χ3n) is 5.47. The van der Waals surface area contributed by atoms with E-state index in [2.05, 4.69) is 13.5 Å². The summed E-state index contributed by atoms with van der Waals surface area (Å²) in [6.45, 7) is 7.37. The summed E-state index contributed by atoms with van der Waals surface area (Å²) >= 11 is 0. The highest BCUT2D eigenvalue weighted by Gasteiger charge is 2.61. The largest absolute Gasteiger partial charge is 0.465 e. The zero-order valence-corrected chi connectivity index (χ0v) is 13.0. The van der Waals surface area contributed by atoms with Crippen LogP contribution in [0.25, 0.3) is 0 Å². The average molecular weight is 306 g/mol. The molecule has 1 saturated carbocycles. The van der Waals surface area contributed by atoms with Gasteiger partial charge >= 0.3 is 11.9 Å². The molecule has 3 rings (SSSR count). The van der Waals surface area contributed by atoms with Crippen molar-refractivity contribution >= 4 is 11.9 Å². The molecule has 0 amide bonds. The van der Waals surface area contributed by atoms with Gasteiger partial charge in [-0.2, -0.15) is 0 Å². The minimum Gasteiger partial charge on any atom is -0.465 e. The highest BCUT2D eigenvalue weighted by molar-refractivity contribution is 5.91. The first kappa shape index (κ1) is 15.3. The van der Waals surface area contributed by atoms with Gasteiger partial charge in [-0.15, -0.1) is 0 Å². The number of esters is 2. The molecular formula is C17H22O5. The third kappa shape index (κ3) is 2.02. The smallest absolute Gasteiger partial charge is 0.334 e. The molecular weight excluding hydrogens is 284 g/mol. The molecule has 5 nitrogen and oxygen atoms in total. The SMILES string of the molecule is C=C1C(=O)OC2C1CCC(C)C1=CCC(O)C12COC(C)=O. The van der Waals surface area contributed by atoms with Crippen molar-refractivity contribution in [1.29, 1.82) is 0 Å². The molecule has 0 aromatic rings. The summed E-state index contributed by atoms with van der Waals surface area (Å²) < 4.78 is 10.9. The van der Waals surface area contributed by atoms with E-state index in [1.165, 1.54) is 6.92 Å². The first-order valence-electron chi connectivity index (χ1n) is 7.79. The molecule has 22 heavy (non-hydrogen) atoms. The Hall–Kier alpha value is -1.62. The number of ether oxygens (including phenoxy) is 2. The van der Waals surface area contributed by atoms with Crippen molar-refractivity contribution in [2.24, 2.45) is 17.3 Å². The maximum absolute atomic E-state index is 12.0. The second kappa shape index (κ2) is 5.23. The van der Waals surface area contributed by atoms with Crippen molar-refractivity contribution in [2.45, 2.75) is 45.3 Å². The van der Waals surface area contributed by atoms with E-state index < -0.39 is 29.6 Å². The Balaban J connectivity index is 2.06. The Kier molecular flexibility index (Phi) is 3.63. The van der Waals surface area contributed by atoms with Crippen LogP contribution in [0.4, 0.5) is 0 Å². The van der Waals surface area contributed by atoms with E-state index >= 15 is 0 Å². The molecule has 2 fully saturated rings. The molecule has 0 aromatic heterocycles. The van der Waals surface area contributed by atoms with Crippen LogP contribution in [0.5, 0.6) is 0 Å². The molecule has 1 saturated heterocycles. The molecule has 2 aliphatic carbocycles. The summed E-state index contributed by atoms with van der Waals surface area (Å²) in [5.74, 6) is -0.663. The first-order chi connectivity index (χ1) is 10.4. The molecule has 5 unspecified atom stereocenters. The van der Waals surface area contributed by atoms with E-state index in [1.54, 1.807) is 0 Å². The lowest BCUT2D eigenvalue weighted by Crippen LogP contribution is -2.50. The predicted octanol–water partition coefficient (Wildman–Crippen LogP) is 1.75. The summed E-state index contributed by atoms with van der Waals surface area (Å²) in [4.78, 5) is 23.3. The topological polar surface area (TPSA) is 72.8 Å². The molecule has 1 aliphatic heterocycles. The zero-order chi connectivity index (χ0) is 16.1. The predicted molar refractivity (Wildman–Crippen MR) is 78.7 cm³/mol. The Morgan fingerprint density at radius 2 is 2.27 bits per heavy atom. The summed E-state index contributed by atoms with van der Waals surface area (Å²) in [6.07, 6.45) is 3.00. The number of hydrogen-bond donors (Lipinski definition) is 1. The van der Waals surface area contributed by atoms with Gasteiger partial charge in [0, 0.05) is 18.4 Å². The lowest BCUT2D eigenvalue weighted by Gasteiger charge is -2.40. The highest BCUT2D eigenvalue weighted by Crippen LogP contribution is 2.56. The molecule has 3 aliphatic rings. The second-order valence-corrected chi connectivity index (χ2v) is 6.67. The minimum atomic E-state index is -0.832. The van der Waals surface area contributed by atoms with Crippen molar-refractivity contribution in [3.8, 4) is 0 Å². The van der Waals surface area contributed by atoms with Gasteiger partial charge in [0.2, 0.25) is 0 Å². The summed E-state index contributed by atoms with van der Waals surface area (Å²) in [5.41, 5.74) is 0.692. The first-order valence-corrected chi connectivity index (χ1v) is 7.79. The summed E-state index contributed by atoms with van der Waals surface area (Å²) in [6, 6.07) is 0. The number of hydrogen-bond acceptors (Lipinski definition) is 5. The van der Waals surface area contributed by atoms with Crippen LogP contribution in [0.1, 0.15) is 33.1 Å². The van der Waals surface area contributed by atoms with E-state index in [1.807, 2.05) is 6.08 Å². The third-order valence-corrected chi connectivity index (χ3v) is 5.47. The normalized spacial score (nSPS) is 40.4. The second-order valence-electron chi connectivity index (χ2n) is 6.67. The standard InChI is InChI=1S/C17H22O5/c1-9-4-5-12-10(2)16(20)22-15(12)17(8-21-11(3)18)13(9)6-7-14(17)19/h6,9,12,14-15,19H,2,4-5,7-8H2,1,3H3. The Labute approximate surface area is 130 Å². The molecule has 5 heteroatoms. The lowest BCUT2D eigenvalue weighted by atomic mass is 9.69. The molecule has 1 N–H and O–H groups in total. The average Bonchev–Trinajstić information content (AvgIpc) is 2.90. The molecule has 0 spiro atoms. The van der Waals surface area contributed by atoms with Crippen molar-refractivity contribution in [3.05, 3.63) is 23.8 Å². The Bertz CT molecular complexity index is 563. The number of fused-ring (bicyclic) bond motifs is 3. The number of carbonyl (C=O) groups excluding carboxylic acids is 2. The van der Waals surface area contributed by atoms with Gasteiger partial charge in [0.15, 0.2) is 0 Å². The van der Waals surface area contributed by atoms with Gasteiger partial charge in [-0.05, 0) is 25.2 Å². The van der Waals surface area contributed by atoms with Crippen molar-refractivity contribution in [1.82, 2.24) is 0 Å². The number of carbonyl (C=O) groups is 2. The summed E-state index contributed by atoms with van der Waals surface area (Å²) in [5, 5.41) is 10.7. The van der Waals surface area contributed by atoms with E-state index in [0.29, 0.717) is 12.0 Å². The number of rotatable bonds is 2. The molecule has 0 bridgehead atoms. The molecule has 120 valence electrons. The van der Waals surface area contributed by atoms with Crippen LogP contribution in [0.15, 0.2) is 23.8 Å². The Morgan fingerprint density at radius 3 is 2.95 bits per heavy atom. The Morgan fingerprint density at radius 1 is 1.55 bits per heavy atom. The number of aliphatic hydroxyl groups is 1. The van der Waals surface area contributed by atoms with Crippen molar-refractivity contribution < 1.29 is 24.2 Å². The summed E-state index contributed by atoms with van der Waals surface area (Å²) in [7, 11) is 0. The zero-order valence-electron chi connectivity index (χ0n) is 13.0. The van der Waals surface area contributed by atoms with Crippen molar-refractivity contribution in [2.75, 3.05) is 6.61 Å². The fourth-order valence-electron chi connectivity index (χ4n) is 4.31. The monoisotopic (exact) mass is 306 g/mol. The molecule has 5 atom stereocenters. The van der Waals surface area contributed by atoms with Crippen LogP contribution in [-0.4, -0.2) is 35.9 Å². The molecule has 0 aromatic carbocycles. The quantitative estimate of drug-likeness (QED) is 0.478. The van der Waals surface area contributed by atoms with Gasteiger partial charge in [0.1, 0.15) is 12.7 Å². The van der Waals surface area contributed by atoms with Gasteiger partial charge in [-0.1, -0.05) is 25.2 Å². The van der Waals surface area contributed by atoms with Gasteiger partial charge < -0.3 is 14.6 Å². The van der Waals surface area contributed by atoms with Gasteiger partial charge in [0.25, 0.3) is 0 Å². The fourth-order valence-corrected chi connectivity index (χ4v) is 4.31. The van der Waals surface area contributed by atoms with Crippen LogP contribution >= 0.6 is 0 Å². The van der Waals surface area contributed by atoms with Crippen molar-refractivity contribution in [3.63, 3.8) is 0 Å². The van der Waals surface area contributed by atoms with Crippen LogP contribution in [0.3, 0.4) is 0 Å². The van der Waals surface area contributed by atoms with E-state index in [4.69, 9.17) is 9.47 Å². The minimum absolute atomic E-state index is 0.0431. The van der Waals surface area contributed by atoms with Gasteiger partial charge in [-0.25, -0.2) is 4.79 Å². The van der Waals surface area contributed by atoms with Crippen LogP contribution < -0.4 is 0 Å². The van der Waals surface area contributed by atoms with Gasteiger partial charge in [-0.3, -0.25) is 4.79 Å². The molecule has 1 heterocycles. The van der Waals surface area contributed by atoms with Crippen LogP contribution in [0, 0.1) is 17.3 Å². The fraction of sp³-hybridized carbons (Fsp3) is 0.647.